The fourth-order valence-electron chi connectivity index (χ4n) is 1.57. The molecule has 1 aromatic heterocycles. The molecule has 2 atom stereocenters. The van der Waals surface area contributed by atoms with Crippen molar-refractivity contribution in [2.24, 2.45) is 5.92 Å². The van der Waals surface area contributed by atoms with Gasteiger partial charge in [-0.05, 0) is 25.6 Å². The lowest BCUT2D eigenvalue weighted by atomic mass is 10.1. The molecule has 1 N–H and O–H groups in total. The van der Waals surface area contributed by atoms with Gasteiger partial charge in [0, 0.05) is 12.5 Å². The van der Waals surface area contributed by atoms with E-state index in [2.05, 4.69) is 43.2 Å². The number of hydrogen-bond acceptors (Lipinski definition) is 5. The Bertz CT molecular complexity index is 327. The van der Waals surface area contributed by atoms with Crippen LogP contribution in [0.3, 0.4) is 0 Å². The third-order valence-corrected chi connectivity index (χ3v) is 4.10. The van der Waals surface area contributed by atoms with Crippen LogP contribution in [0.25, 0.3) is 0 Å². The normalized spacial score (nSPS) is 15.2. The highest BCUT2D eigenvalue weighted by Crippen LogP contribution is 2.34. The van der Waals surface area contributed by atoms with Gasteiger partial charge in [-0.1, -0.05) is 25.9 Å². The molecule has 0 fully saturated rings. The van der Waals surface area contributed by atoms with Gasteiger partial charge in [0.2, 0.25) is 5.89 Å². The summed E-state index contributed by atoms with van der Waals surface area (Å²) in [5.74, 6) is 3.14. The molecule has 0 bridgehead atoms. The largest absolute Gasteiger partial charge is 0.338 e. The van der Waals surface area contributed by atoms with Gasteiger partial charge in [0.05, 0.1) is 5.25 Å². The average Bonchev–Trinajstić information content (AvgIpc) is 2.73. The van der Waals surface area contributed by atoms with E-state index in [0.29, 0.717) is 17.2 Å². The summed E-state index contributed by atoms with van der Waals surface area (Å²) >= 11 is 1.86. The first-order chi connectivity index (χ1) is 8.08. The van der Waals surface area contributed by atoms with E-state index in [1.54, 1.807) is 0 Å². The molecule has 0 amide bonds. The zero-order chi connectivity index (χ0) is 12.8. The maximum absolute atomic E-state index is 5.38. The van der Waals surface area contributed by atoms with Gasteiger partial charge in [-0.2, -0.15) is 4.98 Å². The Morgan fingerprint density at radius 2 is 2.06 bits per heavy atom. The number of thioether (sulfide) groups is 1. The zero-order valence-electron chi connectivity index (χ0n) is 11.4. The predicted molar refractivity (Wildman–Crippen MR) is 72.2 cm³/mol. The molecule has 17 heavy (non-hydrogen) atoms. The minimum Gasteiger partial charge on any atom is -0.338 e. The third-order valence-electron chi connectivity index (χ3n) is 2.66. The van der Waals surface area contributed by atoms with Crippen LogP contribution in [0, 0.1) is 5.92 Å². The highest BCUT2D eigenvalue weighted by molar-refractivity contribution is 7.99. The van der Waals surface area contributed by atoms with Gasteiger partial charge in [-0.15, -0.1) is 11.8 Å². The lowest BCUT2D eigenvalue weighted by Gasteiger charge is -2.14. The molecule has 0 saturated heterocycles. The first kappa shape index (κ1) is 14.5. The van der Waals surface area contributed by atoms with Gasteiger partial charge in [-0.3, -0.25) is 0 Å². The van der Waals surface area contributed by atoms with Crippen LogP contribution in [0.15, 0.2) is 4.52 Å². The first-order valence-electron chi connectivity index (χ1n) is 6.19. The van der Waals surface area contributed by atoms with E-state index in [1.165, 1.54) is 0 Å². The number of nitrogens with zero attached hydrogens (tertiary/aromatic N) is 2. The monoisotopic (exact) mass is 257 g/mol. The maximum atomic E-state index is 5.38. The van der Waals surface area contributed by atoms with Gasteiger partial charge >= 0.3 is 0 Å². The molecule has 1 aromatic rings. The summed E-state index contributed by atoms with van der Waals surface area (Å²) in [7, 11) is 1.94. The lowest BCUT2D eigenvalue weighted by molar-refractivity contribution is 0.354. The van der Waals surface area contributed by atoms with E-state index in [4.69, 9.17) is 4.52 Å². The molecule has 0 aliphatic heterocycles. The maximum Gasteiger partial charge on any atom is 0.240 e. The minimum atomic E-state index is 0.311. The molecule has 4 nitrogen and oxygen atoms in total. The van der Waals surface area contributed by atoms with Gasteiger partial charge in [0.1, 0.15) is 0 Å². The van der Waals surface area contributed by atoms with Crippen LogP contribution in [-0.2, 0) is 6.42 Å². The second-order valence-corrected chi connectivity index (χ2v) is 5.98. The molecule has 0 radical (unpaired) electrons. The van der Waals surface area contributed by atoms with Crippen molar-refractivity contribution >= 4 is 11.8 Å². The van der Waals surface area contributed by atoms with Gasteiger partial charge in [0.25, 0.3) is 0 Å². The van der Waals surface area contributed by atoms with Gasteiger partial charge < -0.3 is 9.84 Å². The van der Waals surface area contributed by atoms with Crippen molar-refractivity contribution in [2.75, 3.05) is 12.8 Å². The molecule has 0 aromatic carbocycles. The van der Waals surface area contributed by atoms with Crippen molar-refractivity contribution in [3.8, 4) is 0 Å². The standard InChI is InChI=1S/C12H23N3OS/c1-6-17-11(8(2)3)12-14-10(15-16-12)7-9(4)13-5/h8-9,11,13H,6-7H2,1-5H3. The van der Waals surface area contributed by atoms with Crippen molar-refractivity contribution in [3.63, 3.8) is 0 Å². The molecule has 0 saturated carbocycles. The quantitative estimate of drug-likeness (QED) is 0.814. The van der Waals surface area contributed by atoms with Crippen LogP contribution in [-0.4, -0.2) is 29.0 Å². The highest BCUT2D eigenvalue weighted by Gasteiger charge is 2.22. The van der Waals surface area contributed by atoms with Crippen molar-refractivity contribution in [1.29, 1.82) is 0 Å². The smallest absolute Gasteiger partial charge is 0.240 e. The Labute approximate surface area is 108 Å². The minimum absolute atomic E-state index is 0.311. The first-order valence-corrected chi connectivity index (χ1v) is 7.24. The Kier molecular flexibility index (Phi) is 5.98. The van der Waals surface area contributed by atoms with E-state index in [1.807, 2.05) is 18.8 Å². The summed E-state index contributed by atoms with van der Waals surface area (Å²) in [6, 6.07) is 0.372. The van der Waals surface area contributed by atoms with Crippen LogP contribution in [0.4, 0.5) is 0 Å². The molecule has 1 rings (SSSR count). The summed E-state index contributed by atoms with van der Waals surface area (Å²) in [6.07, 6.45) is 0.807. The number of likely N-dealkylation sites (N-methyl/N-ethyl adjacent to an activating group) is 1. The summed E-state index contributed by atoms with van der Waals surface area (Å²) in [5.41, 5.74) is 0. The number of hydrogen-bond donors (Lipinski definition) is 1. The highest BCUT2D eigenvalue weighted by atomic mass is 32.2. The molecular formula is C12H23N3OS. The van der Waals surface area contributed by atoms with E-state index < -0.39 is 0 Å². The fraction of sp³-hybridized carbons (Fsp3) is 0.833. The second-order valence-electron chi connectivity index (χ2n) is 4.56. The fourth-order valence-corrected chi connectivity index (χ4v) is 2.55. The molecule has 0 spiro atoms. The van der Waals surface area contributed by atoms with E-state index in [-0.39, 0.29) is 0 Å². The summed E-state index contributed by atoms with van der Waals surface area (Å²) in [6.45, 7) is 8.64. The molecule has 2 unspecified atom stereocenters. The number of nitrogens with one attached hydrogen (secondary N) is 1. The van der Waals surface area contributed by atoms with Gasteiger partial charge in [-0.25, -0.2) is 0 Å². The Balaban J connectivity index is 2.70. The zero-order valence-corrected chi connectivity index (χ0v) is 12.2. The average molecular weight is 257 g/mol. The molecular weight excluding hydrogens is 234 g/mol. The lowest BCUT2D eigenvalue weighted by Crippen LogP contribution is -2.24. The SMILES string of the molecule is CCSC(c1nc(CC(C)NC)no1)C(C)C. The van der Waals surface area contributed by atoms with Crippen molar-refractivity contribution in [1.82, 2.24) is 15.5 Å². The summed E-state index contributed by atoms with van der Waals surface area (Å²) in [5, 5.41) is 7.53. The van der Waals surface area contributed by atoms with Crippen LogP contribution >= 0.6 is 11.8 Å². The van der Waals surface area contributed by atoms with Crippen LogP contribution in [0.5, 0.6) is 0 Å². The van der Waals surface area contributed by atoms with Crippen LogP contribution in [0.2, 0.25) is 0 Å². The number of aromatic nitrogens is 2. The molecule has 0 aliphatic carbocycles. The van der Waals surface area contributed by atoms with Gasteiger partial charge in [0.15, 0.2) is 5.82 Å². The summed E-state index contributed by atoms with van der Waals surface area (Å²) < 4.78 is 5.38. The topological polar surface area (TPSA) is 51.0 Å². The van der Waals surface area contributed by atoms with E-state index in [0.717, 1.165) is 23.9 Å². The predicted octanol–water partition coefficient (Wildman–Crippen LogP) is 2.67. The molecule has 0 aliphatic rings. The number of rotatable bonds is 7. The molecule has 98 valence electrons. The van der Waals surface area contributed by atoms with Crippen LogP contribution < -0.4 is 5.32 Å². The van der Waals surface area contributed by atoms with Crippen molar-refractivity contribution < 1.29 is 4.52 Å². The Morgan fingerprint density at radius 1 is 1.35 bits per heavy atom. The Morgan fingerprint density at radius 3 is 2.59 bits per heavy atom. The summed E-state index contributed by atoms with van der Waals surface area (Å²) in [4.78, 5) is 4.50. The van der Waals surface area contributed by atoms with Crippen molar-refractivity contribution in [3.05, 3.63) is 11.7 Å². The van der Waals surface area contributed by atoms with Crippen LogP contribution in [0.1, 0.15) is 44.7 Å². The molecule has 5 heteroatoms. The Hall–Kier alpha value is -0.550. The molecule has 1 heterocycles. The van der Waals surface area contributed by atoms with E-state index >= 15 is 0 Å². The second kappa shape index (κ2) is 7.01. The third kappa shape index (κ3) is 4.32. The van der Waals surface area contributed by atoms with Crippen molar-refractivity contribution in [2.45, 2.75) is 45.4 Å². The van der Waals surface area contributed by atoms with E-state index in [9.17, 15) is 0 Å².